The highest BCUT2D eigenvalue weighted by atomic mass is 32.1. The van der Waals surface area contributed by atoms with Gasteiger partial charge in [-0.2, -0.15) is 0 Å². The highest BCUT2D eigenvalue weighted by Crippen LogP contribution is 2.22. The van der Waals surface area contributed by atoms with E-state index in [0.29, 0.717) is 22.5 Å². The number of aromatic nitrogens is 2. The van der Waals surface area contributed by atoms with E-state index in [9.17, 15) is 22.8 Å². The van der Waals surface area contributed by atoms with Crippen LogP contribution in [0.2, 0.25) is 0 Å². The first-order valence-corrected chi connectivity index (χ1v) is 8.98. The predicted molar refractivity (Wildman–Crippen MR) is 98.2 cm³/mol. The average Bonchev–Trinajstić information content (AvgIpc) is 3.28. The highest BCUT2D eigenvalue weighted by molar-refractivity contribution is 7.12. The average molecular weight is 408 g/mol. The molecule has 0 saturated carbocycles. The van der Waals surface area contributed by atoms with Crippen molar-refractivity contribution in [2.45, 2.75) is 13.8 Å². The minimum atomic E-state index is -1.68. The molecule has 0 spiro atoms. The van der Waals surface area contributed by atoms with Gasteiger partial charge in [0.15, 0.2) is 22.6 Å². The Morgan fingerprint density at radius 2 is 1.93 bits per heavy atom. The Balaban J connectivity index is 1.67. The van der Waals surface area contributed by atoms with Crippen molar-refractivity contribution in [1.82, 2.24) is 14.9 Å². The zero-order chi connectivity index (χ0) is 20.4. The summed E-state index contributed by atoms with van der Waals surface area (Å²) in [6.07, 6.45) is 1.65. The monoisotopic (exact) mass is 408 g/mol. The van der Waals surface area contributed by atoms with Crippen molar-refractivity contribution in [3.8, 4) is 5.13 Å². The molecule has 2 heterocycles. The summed E-state index contributed by atoms with van der Waals surface area (Å²) in [5.41, 5.74) is 1.29. The normalized spacial score (nSPS) is 10.8. The summed E-state index contributed by atoms with van der Waals surface area (Å²) in [5.74, 6) is -5.84. The van der Waals surface area contributed by atoms with Crippen molar-refractivity contribution in [2.24, 2.45) is 0 Å². The molecule has 2 N–H and O–H groups in total. The number of carbonyl (C=O) groups is 2. The number of carbonyl (C=O) groups excluding carboxylic acids is 2. The SMILES string of the molecule is Cc1cc(C(=O)NCC(=O)Nc2ccc(F)c(F)c2F)c(C)n1-c1nccs1. The molecule has 3 rings (SSSR count). The Morgan fingerprint density at radius 1 is 1.18 bits per heavy atom. The van der Waals surface area contributed by atoms with Crippen LogP contribution in [-0.4, -0.2) is 27.9 Å². The van der Waals surface area contributed by atoms with Gasteiger partial charge < -0.3 is 10.6 Å². The van der Waals surface area contributed by atoms with E-state index in [4.69, 9.17) is 0 Å². The molecule has 28 heavy (non-hydrogen) atoms. The zero-order valence-electron chi connectivity index (χ0n) is 14.8. The minimum absolute atomic E-state index is 0.361. The lowest BCUT2D eigenvalue weighted by atomic mass is 10.2. The number of anilines is 1. The minimum Gasteiger partial charge on any atom is -0.343 e. The number of benzene rings is 1. The molecule has 0 unspecified atom stereocenters. The van der Waals surface area contributed by atoms with Gasteiger partial charge in [0, 0.05) is 23.0 Å². The second kappa shape index (κ2) is 7.85. The molecule has 0 radical (unpaired) electrons. The molecular formula is C18H15F3N4O2S. The molecule has 0 atom stereocenters. The van der Waals surface area contributed by atoms with Crippen LogP contribution in [0.4, 0.5) is 18.9 Å². The molecule has 10 heteroatoms. The number of aryl methyl sites for hydroxylation is 1. The van der Waals surface area contributed by atoms with Crippen LogP contribution in [0.3, 0.4) is 0 Å². The van der Waals surface area contributed by atoms with Crippen LogP contribution in [0.1, 0.15) is 21.7 Å². The smallest absolute Gasteiger partial charge is 0.253 e. The van der Waals surface area contributed by atoms with Gasteiger partial charge >= 0.3 is 0 Å². The Bertz CT molecular complexity index is 1050. The molecule has 3 aromatic rings. The van der Waals surface area contributed by atoms with Crippen LogP contribution in [0.5, 0.6) is 0 Å². The van der Waals surface area contributed by atoms with E-state index < -0.39 is 41.5 Å². The lowest BCUT2D eigenvalue weighted by Crippen LogP contribution is -2.33. The quantitative estimate of drug-likeness (QED) is 0.636. The van der Waals surface area contributed by atoms with Crippen molar-refractivity contribution in [3.63, 3.8) is 0 Å². The molecule has 0 bridgehead atoms. The Hall–Kier alpha value is -3.14. The number of hydrogen-bond donors (Lipinski definition) is 2. The van der Waals surface area contributed by atoms with Crippen molar-refractivity contribution in [3.05, 3.63) is 64.2 Å². The van der Waals surface area contributed by atoms with Crippen LogP contribution in [-0.2, 0) is 4.79 Å². The van der Waals surface area contributed by atoms with E-state index in [1.54, 1.807) is 19.2 Å². The van der Waals surface area contributed by atoms with Gasteiger partial charge in [-0.1, -0.05) is 0 Å². The van der Waals surface area contributed by atoms with Gasteiger partial charge in [0.2, 0.25) is 5.91 Å². The standard InChI is InChI=1S/C18H15F3N4O2S/c1-9-7-11(10(2)25(9)18-22-5-6-28-18)17(27)23-8-14(26)24-13-4-3-12(19)15(20)16(13)21/h3-7H,8H2,1-2H3,(H,23,27)(H,24,26). The summed E-state index contributed by atoms with van der Waals surface area (Å²) in [4.78, 5) is 28.6. The van der Waals surface area contributed by atoms with Gasteiger partial charge in [-0.25, -0.2) is 18.2 Å². The van der Waals surface area contributed by atoms with Crippen LogP contribution in [0, 0.1) is 31.3 Å². The number of hydrogen-bond acceptors (Lipinski definition) is 4. The summed E-state index contributed by atoms with van der Waals surface area (Å²) < 4.78 is 41.5. The van der Waals surface area contributed by atoms with Gasteiger partial charge in [0.05, 0.1) is 17.8 Å². The molecule has 0 aliphatic rings. The second-order valence-electron chi connectivity index (χ2n) is 5.89. The first-order valence-electron chi connectivity index (χ1n) is 8.10. The molecule has 0 aliphatic heterocycles. The number of amides is 2. The van der Waals surface area contributed by atoms with E-state index in [-0.39, 0.29) is 0 Å². The van der Waals surface area contributed by atoms with Gasteiger partial charge in [0.1, 0.15) is 0 Å². The number of nitrogens with zero attached hydrogens (tertiary/aromatic N) is 2. The summed E-state index contributed by atoms with van der Waals surface area (Å²) in [5, 5.41) is 7.03. The first kappa shape index (κ1) is 19.6. The third-order valence-corrected chi connectivity index (χ3v) is 4.76. The molecule has 2 aromatic heterocycles. The molecule has 0 saturated heterocycles. The summed E-state index contributed by atoms with van der Waals surface area (Å²) in [6, 6.07) is 3.26. The lowest BCUT2D eigenvalue weighted by Gasteiger charge is -2.09. The maximum atomic E-state index is 13.6. The van der Waals surface area contributed by atoms with Crippen LogP contribution in [0.15, 0.2) is 29.8 Å². The molecule has 146 valence electrons. The lowest BCUT2D eigenvalue weighted by molar-refractivity contribution is -0.115. The predicted octanol–water partition coefficient (Wildman–Crippen LogP) is 3.34. The number of halogens is 3. The fourth-order valence-corrected chi connectivity index (χ4v) is 3.44. The first-order chi connectivity index (χ1) is 13.3. The van der Waals surface area contributed by atoms with E-state index in [0.717, 1.165) is 11.8 Å². The van der Waals surface area contributed by atoms with E-state index in [2.05, 4.69) is 15.6 Å². The Morgan fingerprint density at radius 3 is 2.61 bits per heavy atom. The molecule has 2 amide bonds. The number of nitrogens with one attached hydrogen (secondary N) is 2. The molecule has 6 nitrogen and oxygen atoms in total. The van der Waals surface area contributed by atoms with Crippen LogP contribution < -0.4 is 10.6 Å². The summed E-state index contributed by atoms with van der Waals surface area (Å²) >= 11 is 1.42. The van der Waals surface area contributed by atoms with Gasteiger partial charge in [-0.15, -0.1) is 11.3 Å². The molecule has 1 aromatic carbocycles. The fraction of sp³-hybridized carbons (Fsp3) is 0.167. The summed E-state index contributed by atoms with van der Waals surface area (Å²) in [6.45, 7) is 3.10. The van der Waals surface area contributed by atoms with E-state index >= 15 is 0 Å². The van der Waals surface area contributed by atoms with Gasteiger partial charge in [0.25, 0.3) is 5.91 Å². The number of rotatable bonds is 5. The van der Waals surface area contributed by atoms with E-state index in [1.165, 1.54) is 11.3 Å². The highest BCUT2D eigenvalue weighted by Gasteiger charge is 2.19. The maximum absolute atomic E-state index is 13.6. The van der Waals surface area contributed by atoms with Crippen molar-refractivity contribution in [2.75, 3.05) is 11.9 Å². The van der Waals surface area contributed by atoms with Gasteiger partial charge in [-0.3, -0.25) is 14.2 Å². The second-order valence-corrected chi connectivity index (χ2v) is 6.76. The summed E-state index contributed by atoms with van der Waals surface area (Å²) in [7, 11) is 0. The largest absolute Gasteiger partial charge is 0.343 e. The topological polar surface area (TPSA) is 76.0 Å². The molecule has 0 aliphatic carbocycles. The Kier molecular flexibility index (Phi) is 5.50. The van der Waals surface area contributed by atoms with E-state index in [1.807, 2.05) is 16.9 Å². The molecular weight excluding hydrogens is 393 g/mol. The van der Waals surface area contributed by atoms with Gasteiger partial charge in [-0.05, 0) is 32.0 Å². The van der Waals surface area contributed by atoms with Crippen LogP contribution >= 0.6 is 11.3 Å². The van der Waals surface area contributed by atoms with Crippen LogP contribution in [0.25, 0.3) is 5.13 Å². The Labute approximate surface area is 162 Å². The number of thiazole rings is 1. The zero-order valence-corrected chi connectivity index (χ0v) is 15.7. The third kappa shape index (κ3) is 3.77. The van der Waals surface area contributed by atoms with Crippen molar-refractivity contribution in [1.29, 1.82) is 0 Å². The fourth-order valence-electron chi connectivity index (χ4n) is 2.69. The van der Waals surface area contributed by atoms with Crippen molar-refractivity contribution < 1.29 is 22.8 Å². The maximum Gasteiger partial charge on any atom is 0.253 e. The third-order valence-electron chi connectivity index (χ3n) is 4.01. The molecule has 0 fully saturated rings. The van der Waals surface area contributed by atoms with Crippen molar-refractivity contribution >= 4 is 28.8 Å².